The van der Waals surface area contributed by atoms with Crippen molar-refractivity contribution in [2.75, 3.05) is 9.62 Å². The predicted octanol–water partition coefficient (Wildman–Crippen LogP) is 3.69. The molecule has 1 heterocycles. The van der Waals surface area contributed by atoms with Gasteiger partial charge >= 0.3 is 0 Å². The quantitative estimate of drug-likeness (QED) is 0.813. The van der Waals surface area contributed by atoms with Gasteiger partial charge in [0.05, 0.1) is 5.69 Å². The van der Waals surface area contributed by atoms with Crippen molar-refractivity contribution in [3.63, 3.8) is 0 Å². The van der Waals surface area contributed by atoms with E-state index in [1.807, 2.05) is 13.0 Å². The molecule has 2 aromatic carbocycles. The number of carbonyl (C=O) groups excluding carboxylic acids is 1. The lowest BCUT2D eigenvalue weighted by Crippen LogP contribution is -2.34. The van der Waals surface area contributed by atoms with Gasteiger partial charge in [0.2, 0.25) is 5.91 Å². The molecular formula is C17H16BrFN2O3S. The van der Waals surface area contributed by atoms with Crippen molar-refractivity contribution in [3.05, 3.63) is 52.3 Å². The van der Waals surface area contributed by atoms with Gasteiger partial charge in [-0.25, -0.2) is 12.8 Å². The monoisotopic (exact) mass is 426 g/mol. The molecule has 1 aliphatic rings. The molecule has 2 aromatic rings. The third-order valence-corrected chi connectivity index (χ3v) is 5.89. The third-order valence-electron chi connectivity index (χ3n) is 4.04. The summed E-state index contributed by atoms with van der Waals surface area (Å²) in [6.45, 7) is 3.29. The van der Waals surface area contributed by atoms with E-state index in [1.165, 1.54) is 42.2 Å². The van der Waals surface area contributed by atoms with E-state index >= 15 is 0 Å². The van der Waals surface area contributed by atoms with Crippen LogP contribution in [0.5, 0.6) is 0 Å². The molecule has 5 nitrogen and oxygen atoms in total. The summed E-state index contributed by atoms with van der Waals surface area (Å²) in [5.41, 5.74) is 1.44. The number of hydrogen-bond acceptors (Lipinski definition) is 3. The van der Waals surface area contributed by atoms with Crippen LogP contribution in [0.4, 0.5) is 15.8 Å². The number of rotatable bonds is 3. The van der Waals surface area contributed by atoms with Crippen molar-refractivity contribution < 1.29 is 17.6 Å². The van der Waals surface area contributed by atoms with Gasteiger partial charge in [-0.15, -0.1) is 0 Å². The van der Waals surface area contributed by atoms with Crippen LogP contribution in [0.15, 0.2) is 45.8 Å². The molecule has 1 amide bonds. The summed E-state index contributed by atoms with van der Waals surface area (Å²) in [4.78, 5) is 13.6. The molecule has 0 saturated heterocycles. The minimum absolute atomic E-state index is 0.0146. The summed E-state index contributed by atoms with van der Waals surface area (Å²) in [6.07, 6.45) is 0.577. The van der Waals surface area contributed by atoms with Crippen molar-refractivity contribution in [2.24, 2.45) is 0 Å². The van der Waals surface area contributed by atoms with Gasteiger partial charge in [-0.05, 0) is 55.3 Å². The van der Waals surface area contributed by atoms with Crippen molar-refractivity contribution in [1.29, 1.82) is 0 Å². The number of benzene rings is 2. The van der Waals surface area contributed by atoms with Gasteiger partial charge in [-0.3, -0.25) is 9.52 Å². The second-order valence-corrected chi connectivity index (χ2v) is 8.53. The SMILES string of the molecule is CC(=O)N1c2c(cc(Br)cc2S(=O)(=O)Nc2ccc(F)cc2)CC1C. The van der Waals surface area contributed by atoms with Gasteiger partial charge in [0.25, 0.3) is 10.0 Å². The summed E-state index contributed by atoms with van der Waals surface area (Å²) in [5.74, 6) is -0.672. The van der Waals surface area contributed by atoms with Crippen molar-refractivity contribution >= 4 is 43.2 Å². The molecule has 0 saturated carbocycles. The molecule has 3 rings (SSSR count). The van der Waals surface area contributed by atoms with Gasteiger partial charge in [0.1, 0.15) is 10.7 Å². The van der Waals surface area contributed by atoms with E-state index in [2.05, 4.69) is 20.7 Å². The maximum atomic E-state index is 13.0. The number of nitrogens with zero attached hydrogens (tertiary/aromatic N) is 1. The van der Waals surface area contributed by atoms with E-state index in [-0.39, 0.29) is 22.5 Å². The Bertz CT molecular complexity index is 945. The fourth-order valence-electron chi connectivity index (χ4n) is 3.09. The standard InChI is InChI=1S/C17H16BrFN2O3S/c1-10-7-12-8-13(18)9-16(17(12)21(10)11(2)22)25(23,24)20-15-5-3-14(19)4-6-15/h3-6,8-10,20H,7H2,1-2H3. The Morgan fingerprint density at radius 3 is 2.52 bits per heavy atom. The molecule has 25 heavy (non-hydrogen) atoms. The summed E-state index contributed by atoms with van der Waals surface area (Å²) in [7, 11) is -3.96. The number of carbonyl (C=O) groups is 1. The van der Waals surface area contributed by atoms with Crippen molar-refractivity contribution in [1.82, 2.24) is 0 Å². The minimum Gasteiger partial charge on any atom is -0.308 e. The molecule has 0 spiro atoms. The number of halogens is 2. The third kappa shape index (κ3) is 3.41. The van der Waals surface area contributed by atoms with E-state index in [0.717, 1.165) is 5.56 Å². The number of fused-ring (bicyclic) bond motifs is 1. The zero-order valence-electron chi connectivity index (χ0n) is 13.6. The molecule has 1 atom stereocenters. The van der Waals surface area contributed by atoms with E-state index in [0.29, 0.717) is 16.6 Å². The first kappa shape index (κ1) is 17.9. The number of hydrogen-bond donors (Lipinski definition) is 1. The topological polar surface area (TPSA) is 66.5 Å². The van der Waals surface area contributed by atoms with Crippen LogP contribution < -0.4 is 9.62 Å². The van der Waals surface area contributed by atoms with E-state index < -0.39 is 15.8 Å². The highest BCUT2D eigenvalue weighted by Gasteiger charge is 2.35. The van der Waals surface area contributed by atoms with Gasteiger partial charge < -0.3 is 4.90 Å². The van der Waals surface area contributed by atoms with Crippen LogP contribution in [-0.4, -0.2) is 20.4 Å². The molecule has 1 unspecified atom stereocenters. The lowest BCUT2D eigenvalue weighted by molar-refractivity contribution is -0.116. The molecular weight excluding hydrogens is 411 g/mol. The Balaban J connectivity index is 2.11. The van der Waals surface area contributed by atoms with Crippen LogP contribution in [0.1, 0.15) is 19.4 Å². The number of nitrogens with one attached hydrogen (secondary N) is 1. The molecule has 0 fully saturated rings. The summed E-state index contributed by atoms with van der Waals surface area (Å²) in [5, 5.41) is 0. The van der Waals surface area contributed by atoms with Crippen LogP contribution >= 0.6 is 15.9 Å². The second kappa shape index (κ2) is 6.42. The van der Waals surface area contributed by atoms with E-state index in [9.17, 15) is 17.6 Å². The molecule has 132 valence electrons. The average molecular weight is 427 g/mol. The van der Waals surface area contributed by atoms with E-state index in [4.69, 9.17) is 0 Å². The Hall–Kier alpha value is -1.93. The normalized spacial score (nSPS) is 16.6. The van der Waals surface area contributed by atoms with Gasteiger partial charge in [0.15, 0.2) is 0 Å². The van der Waals surface area contributed by atoms with Crippen molar-refractivity contribution in [3.8, 4) is 0 Å². The Kier molecular flexibility index (Phi) is 4.59. The number of anilines is 2. The zero-order chi connectivity index (χ0) is 18.4. The molecule has 0 bridgehead atoms. The molecule has 1 aliphatic heterocycles. The number of sulfonamides is 1. The van der Waals surface area contributed by atoms with Gasteiger partial charge in [0, 0.05) is 23.1 Å². The largest absolute Gasteiger partial charge is 0.308 e. The summed E-state index contributed by atoms with van der Waals surface area (Å²) >= 11 is 3.33. The summed E-state index contributed by atoms with van der Waals surface area (Å²) < 4.78 is 41.9. The molecule has 0 aliphatic carbocycles. The number of amides is 1. The van der Waals surface area contributed by atoms with Gasteiger partial charge in [-0.1, -0.05) is 15.9 Å². The fraction of sp³-hybridized carbons (Fsp3) is 0.235. The maximum Gasteiger partial charge on any atom is 0.264 e. The molecule has 0 aromatic heterocycles. The second-order valence-electron chi connectivity index (χ2n) is 5.97. The maximum absolute atomic E-state index is 13.0. The molecule has 1 N–H and O–H groups in total. The smallest absolute Gasteiger partial charge is 0.264 e. The van der Waals surface area contributed by atoms with Crippen molar-refractivity contribution in [2.45, 2.75) is 31.2 Å². The van der Waals surface area contributed by atoms with Crippen LogP contribution in [0.2, 0.25) is 0 Å². The first-order valence-corrected chi connectivity index (χ1v) is 9.87. The lowest BCUT2D eigenvalue weighted by Gasteiger charge is -2.23. The summed E-state index contributed by atoms with van der Waals surface area (Å²) in [6, 6.07) is 8.21. The zero-order valence-corrected chi connectivity index (χ0v) is 16.0. The Morgan fingerprint density at radius 1 is 1.28 bits per heavy atom. The van der Waals surface area contributed by atoms with Crippen LogP contribution in [0.25, 0.3) is 0 Å². The van der Waals surface area contributed by atoms with Crippen LogP contribution in [0, 0.1) is 5.82 Å². The fourth-order valence-corrected chi connectivity index (χ4v) is 5.07. The molecule has 0 radical (unpaired) electrons. The Labute approximate surface area is 154 Å². The minimum atomic E-state index is -3.96. The van der Waals surface area contributed by atoms with Crippen LogP contribution in [0.3, 0.4) is 0 Å². The first-order valence-electron chi connectivity index (χ1n) is 7.59. The highest BCUT2D eigenvalue weighted by atomic mass is 79.9. The highest BCUT2D eigenvalue weighted by molar-refractivity contribution is 9.10. The molecule has 8 heteroatoms. The Morgan fingerprint density at radius 2 is 1.92 bits per heavy atom. The van der Waals surface area contributed by atoms with Gasteiger partial charge in [-0.2, -0.15) is 0 Å². The predicted molar refractivity (Wildman–Crippen MR) is 97.7 cm³/mol. The van der Waals surface area contributed by atoms with E-state index in [1.54, 1.807) is 0 Å². The lowest BCUT2D eigenvalue weighted by atomic mass is 10.1. The first-order chi connectivity index (χ1) is 11.7. The van der Waals surface area contributed by atoms with Crippen LogP contribution in [-0.2, 0) is 21.2 Å². The average Bonchev–Trinajstić information content (AvgIpc) is 2.84. The highest BCUT2D eigenvalue weighted by Crippen LogP contribution is 2.40.